The van der Waals surface area contributed by atoms with E-state index in [1.165, 1.54) is 4.88 Å². The zero-order valence-electron chi connectivity index (χ0n) is 19.7. The summed E-state index contributed by atoms with van der Waals surface area (Å²) >= 11 is 1.74. The molecule has 3 aromatic rings. The maximum Gasteiger partial charge on any atom is 0.258 e. The molecule has 2 aromatic carbocycles. The molecule has 1 aliphatic heterocycles. The minimum Gasteiger partial charge on any atom is -0.493 e. The summed E-state index contributed by atoms with van der Waals surface area (Å²) in [4.78, 5) is 16.8. The van der Waals surface area contributed by atoms with Crippen molar-refractivity contribution in [2.45, 2.75) is 31.9 Å². The second-order valence-corrected chi connectivity index (χ2v) is 9.22. The fraction of sp³-hybridized carbons (Fsp3) is 0.370. The highest BCUT2D eigenvalue weighted by Gasteiger charge is 2.26. The van der Waals surface area contributed by atoms with E-state index in [2.05, 4.69) is 17.5 Å². The van der Waals surface area contributed by atoms with E-state index in [9.17, 15) is 4.79 Å². The van der Waals surface area contributed by atoms with Crippen LogP contribution in [0.25, 0.3) is 0 Å². The molecule has 0 radical (unpaired) electrons. The van der Waals surface area contributed by atoms with Crippen LogP contribution in [0.5, 0.6) is 17.2 Å². The van der Waals surface area contributed by atoms with Gasteiger partial charge >= 0.3 is 0 Å². The van der Waals surface area contributed by atoms with Gasteiger partial charge in [0.2, 0.25) is 0 Å². The number of carbonyl (C=O) groups excluding carboxylic acids is 1. The molecule has 1 amide bonds. The number of methoxy groups -OCH3 is 2. The number of carbonyl (C=O) groups is 1. The maximum atomic E-state index is 13.7. The normalized spacial score (nSPS) is 15.2. The average Bonchev–Trinajstić information content (AvgIpc) is 3.57. The van der Waals surface area contributed by atoms with Crippen molar-refractivity contribution in [3.63, 3.8) is 0 Å². The first kappa shape index (κ1) is 24.1. The Morgan fingerprint density at radius 3 is 2.74 bits per heavy atom. The lowest BCUT2D eigenvalue weighted by molar-refractivity contribution is 0.0504. The van der Waals surface area contributed by atoms with Crippen LogP contribution in [0.3, 0.4) is 0 Å². The Morgan fingerprint density at radius 2 is 2.00 bits per heavy atom. The smallest absolute Gasteiger partial charge is 0.258 e. The molecular weight excluding hydrogens is 450 g/mol. The fourth-order valence-electron chi connectivity index (χ4n) is 4.16. The third-order valence-corrected chi connectivity index (χ3v) is 6.77. The van der Waals surface area contributed by atoms with E-state index in [0.29, 0.717) is 36.8 Å². The van der Waals surface area contributed by atoms with Crippen LogP contribution in [0.15, 0.2) is 60.0 Å². The first-order chi connectivity index (χ1) is 16.7. The van der Waals surface area contributed by atoms with E-state index in [1.807, 2.05) is 29.2 Å². The Morgan fingerprint density at radius 1 is 1.12 bits per heavy atom. The standard InChI is InChI=1S/C27H31NO5S/c1-30-25-12-4-11-24(26(25)31-2)27(29)28(19-22-9-5-14-32-22)18-20-7-3-8-21(17-20)33-15-13-23-10-6-16-34-23/h3-4,6-8,10-12,16-17,22H,5,9,13-15,18-19H2,1-2H3. The summed E-state index contributed by atoms with van der Waals surface area (Å²) in [6.07, 6.45) is 2.88. The van der Waals surface area contributed by atoms with Gasteiger partial charge in [0.1, 0.15) is 5.75 Å². The lowest BCUT2D eigenvalue weighted by atomic mass is 10.1. The van der Waals surface area contributed by atoms with Crippen molar-refractivity contribution in [2.24, 2.45) is 0 Å². The highest BCUT2D eigenvalue weighted by molar-refractivity contribution is 7.09. The lowest BCUT2D eigenvalue weighted by Crippen LogP contribution is -2.37. The van der Waals surface area contributed by atoms with E-state index in [4.69, 9.17) is 18.9 Å². The third-order valence-electron chi connectivity index (χ3n) is 5.84. The summed E-state index contributed by atoms with van der Waals surface area (Å²) < 4.78 is 22.8. The molecule has 0 bridgehead atoms. The van der Waals surface area contributed by atoms with E-state index in [-0.39, 0.29) is 12.0 Å². The van der Waals surface area contributed by atoms with Crippen molar-refractivity contribution >= 4 is 17.2 Å². The van der Waals surface area contributed by atoms with Crippen LogP contribution in [0.2, 0.25) is 0 Å². The Hall–Kier alpha value is -3.03. The molecule has 2 heterocycles. The Balaban J connectivity index is 1.50. The van der Waals surface area contributed by atoms with Crippen LogP contribution < -0.4 is 14.2 Å². The van der Waals surface area contributed by atoms with E-state index in [0.717, 1.165) is 37.2 Å². The highest BCUT2D eigenvalue weighted by Crippen LogP contribution is 2.32. The molecule has 34 heavy (non-hydrogen) atoms. The number of benzene rings is 2. The van der Waals surface area contributed by atoms with Gasteiger partial charge in [0.05, 0.1) is 32.5 Å². The molecule has 1 saturated heterocycles. The van der Waals surface area contributed by atoms with Crippen molar-refractivity contribution in [3.05, 3.63) is 76.0 Å². The molecule has 1 atom stereocenters. The molecule has 1 aromatic heterocycles. The molecule has 1 unspecified atom stereocenters. The van der Waals surface area contributed by atoms with E-state index >= 15 is 0 Å². The highest BCUT2D eigenvalue weighted by atomic mass is 32.1. The minimum atomic E-state index is -0.115. The quantitative estimate of drug-likeness (QED) is 0.376. The van der Waals surface area contributed by atoms with Gasteiger partial charge in [-0.05, 0) is 54.1 Å². The maximum absolute atomic E-state index is 13.7. The summed E-state index contributed by atoms with van der Waals surface area (Å²) in [6, 6.07) is 17.5. The lowest BCUT2D eigenvalue weighted by Gasteiger charge is -2.27. The predicted octanol–water partition coefficient (Wildman–Crippen LogP) is 5.21. The molecule has 0 spiro atoms. The number of hydrogen-bond acceptors (Lipinski definition) is 6. The molecule has 1 aliphatic rings. The second-order valence-electron chi connectivity index (χ2n) is 8.19. The minimum absolute atomic E-state index is 0.0331. The predicted molar refractivity (Wildman–Crippen MR) is 133 cm³/mol. The first-order valence-corrected chi connectivity index (χ1v) is 12.4. The molecule has 6 nitrogen and oxygen atoms in total. The summed E-state index contributed by atoms with van der Waals surface area (Å²) in [5.41, 5.74) is 1.48. The SMILES string of the molecule is COc1cccc(C(=O)N(Cc2cccc(OCCc3cccs3)c2)CC2CCCO2)c1OC. The van der Waals surface area contributed by atoms with Crippen LogP contribution in [0.1, 0.15) is 33.6 Å². The van der Waals surface area contributed by atoms with Crippen LogP contribution in [0.4, 0.5) is 0 Å². The van der Waals surface area contributed by atoms with Crippen LogP contribution in [0, 0.1) is 0 Å². The molecular formula is C27H31NO5S. The van der Waals surface area contributed by atoms with Crippen molar-refractivity contribution < 1.29 is 23.7 Å². The number of thiophene rings is 1. The first-order valence-electron chi connectivity index (χ1n) is 11.5. The number of para-hydroxylation sites is 1. The van der Waals surface area contributed by atoms with Crippen molar-refractivity contribution in [3.8, 4) is 17.2 Å². The number of rotatable bonds is 11. The van der Waals surface area contributed by atoms with Crippen molar-refractivity contribution in [1.82, 2.24) is 4.90 Å². The molecule has 0 aliphatic carbocycles. The van der Waals surface area contributed by atoms with Crippen LogP contribution in [-0.2, 0) is 17.7 Å². The summed E-state index contributed by atoms with van der Waals surface area (Å²) in [5, 5.41) is 2.08. The van der Waals surface area contributed by atoms with Gasteiger partial charge in [-0.1, -0.05) is 24.3 Å². The van der Waals surface area contributed by atoms with Crippen LogP contribution >= 0.6 is 11.3 Å². The number of amides is 1. The fourth-order valence-corrected chi connectivity index (χ4v) is 4.85. The second kappa shape index (κ2) is 11.9. The zero-order valence-corrected chi connectivity index (χ0v) is 20.5. The number of nitrogens with zero attached hydrogens (tertiary/aromatic N) is 1. The zero-order chi connectivity index (χ0) is 23.8. The van der Waals surface area contributed by atoms with Gasteiger partial charge in [-0.15, -0.1) is 11.3 Å². The van der Waals surface area contributed by atoms with Gasteiger partial charge in [-0.25, -0.2) is 0 Å². The van der Waals surface area contributed by atoms with Crippen molar-refractivity contribution in [2.75, 3.05) is 34.0 Å². The summed E-state index contributed by atoms with van der Waals surface area (Å²) in [7, 11) is 3.12. The van der Waals surface area contributed by atoms with Gasteiger partial charge in [0.15, 0.2) is 11.5 Å². The summed E-state index contributed by atoms with van der Waals surface area (Å²) in [6.45, 7) is 2.32. The van der Waals surface area contributed by atoms with Gasteiger partial charge < -0.3 is 23.8 Å². The number of ether oxygens (including phenoxy) is 4. The molecule has 4 rings (SSSR count). The average molecular weight is 482 g/mol. The topological polar surface area (TPSA) is 57.2 Å². The van der Waals surface area contributed by atoms with Crippen LogP contribution in [-0.4, -0.2) is 50.9 Å². The van der Waals surface area contributed by atoms with Gasteiger partial charge in [-0.2, -0.15) is 0 Å². The Kier molecular flexibility index (Phi) is 8.44. The van der Waals surface area contributed by atoms with Gasteiger partial charge in [0, 0.05) is 31.0 Å². The largest absolute Gasteiger partial charge is 0.493 e. The summed E-state index contributed by atoms with van der Waals surface area (Å²) in [5.74, 6) is 1.66. The Bertz CT molecular complexity index is 1060. The molecule has 0 N–H and O–H groups in total. The third kappa shape index (κ3) is 6.10. The van der Waals surface area contributed by atoms with Gasteiger partial charge in [0.25, 0.3) is 5.91 Å². The molecule has 0 saturated carbocycles. The number of hydrogen-bond donors (Lipinski definition) is 0. The monoisotopic (exact) mass is 481 g/mol. The molecule has 7 heteroatoms. The van der Waals surface area contributed by atoms with E-state index in [1.54, 1.807) is 43.8 Å². The van der Waals surface area contributed by atoms with E-state index < -0.39 is 0 Å². The Labute approximate surface area is 205 Å². The molecule has 180 valence electrons. The van der Waals surface area contributed by atoms with Gasteiger partial charge in [-0.3, -0.25) is 4.79 Å². The van der Waals surface area contributed by atoms with Crippen molar-refractivity contribution in [1.29, 1.82) is 0 Å². The molecule has 1 fully saturated rings.